The number of benzene rings is 1. The Morgan fingerprint density at radius 1 is 1.04 bits per heavy atom. The second-order valence-electron chi connectivity index (χ2n) is 6.03. The van der Waals surface area contributed by atoms with E-state index >= 15 is 0 Å². The van der Waals surface area contributed by atoms with E-state index in [1.807, 2.05) is 12.1 Å². The average molecular weight is 436 g/mol. The van der Waals surface area contributed by atoms with Crippen LogP contribution in [-0.4, -0.2) is 50.8 Å². The number of nitrogen functional groups attached to an aromatic ring is 1. The van der Waals surface area contributed by atoms with Crippen molar-refractivity contribution in [1.29, 1.82) is 0 Å². The van der Waals surface area contributed by atoms with E-state index in [0.717, 1.165) is 29.1 Å². The molecule has 0 aliphatic carbocycles. The Bertz CT molecular complexity index is 712. The lowest BCUT2D eigenvalue weighted by atomic mass is 10.1. The monoisotopic (exact) mass is 435 g/mol. The van der Waals surface area contributed by atoms with Gasteiger partial charge in [0.15, 0.2) is 5.13 Å². The quantitative estimate of drug-likeness (QED) is 0.710. The molecule has 3 rings (SSSR count). The zero-order valence-electron chi connectivity index (χ0n) is 15.8. The van der Waals surface area contributed by atoms with Crippen molar-refractivity contribution >= 4 is 41.3 Å². The molecule has 1 saturated heterocycles. The van der Waals surface area contributed by atoms with Crippen LogP contribution in [0.3, 0.4) is 0 Å². The molecule has 0 atom stereocenters. The van der Waals surface area contributed by atoms with Crippen molar-refractivity contribution in [3.63, 3.8) is 0 Å². The molecule has 27 heavy (non-hydrogen) atoms. The van der Waals surface area contributed by atoms with Gasteiger partial charge in [0.25, 0.3) is 0 Å². The first-order valence-electron chi connectivity index (χ1n) is 8.44. The number of nitrogens with two attached hydrogens (primary N) is 1. The number of hydrogen-bond donors (Lipinski definition) is 1. The number of halogens is 2. The van der Waals surface area contributed by atoms with Crippen LogP contribution in [0.1, 0.15) is 17.7 Å². The van der Waals surface area contributed by atoms with Gasteiger partial charge in [-0.2, -0.15) is 0 Å². The van der Waals surface area contributed by atoms with E-state index in [4.69, 9.17) is 19.9 Å². The molecule has 1 fully saturated rings. The Labute approximate surface area is 176 Å². The van der Waals surface area contributed by atoms with Crippen LogP contribution in [0.2, 0.25) is 0 Å². The van der Waals surface area contributed by atoms with Crippen molar-refractivity contribution in [3.8, 4) is 28.5 Å². The standard InChI is InChI=1S/C18H25N3O3S.2ClH/c1-22-12-10-13(23-2)16(14(11-12)24-3)17-15(25-18(19)20-17)6-9-21-7-4-5-8-21;;/h10-11H,4-9H2,1-3H3,(H2,19,20);2*1H. The van der Waals surface area contributed by atoms with E-state index in [9.17, 15) is 0 Å². The minimum atomic E-state index is 0. The summed E-state index contributed by atoms with van der Waals surface area (Å²) in [6.45, 7) is 3.38. The maximum absolute atomic E-state index is 6.03. The SMILES string of the molecule is COc1cc(OC)c(-c2nc(N)sc2CCN2CCCC2)c(OC)c1.Cl.Cl. The minimum Gasteiger partial charge on any atom is -0.496 e. The zero-order valence-corrected chi connectivity index (χ0v) is 18.3. The third kappa shape index (κ3) is 5.31. The average Bonchev–Trinajstić information content (AvgIpc) is 3.27. The van der Waals surface area contributed by atoms with Gasteiger partial charge in [0.1, 0.15) is 17.2 Å². The van der Waals surface area contributed by atoms with Crippen LogP contribution in [0.5, 0.6) is 17.2 Å². The normalized spacial score (nSPS) is 13.6. The van der Waals surface area contributed by atoms with Crippen LogP contribution in [0, 0.1) is 0 Å². The number of aromatic nitrogens is 1. The first kappa shape index (κ1) is 23.6. The molecule has 2 N–H and O–H groups in total. The van der Waals surface area contributed by atoms with Crippen molar-refractivity contribution in [3.05, 3.63) is 17.0 Å². The lowest BCUT2D eigenvalue weighted by Gasteiger charge is -2.16. The summed E-state index contributed by atoms with van der Waals surface area (Å²) in [7, 11) is 4.89. The zero-order chi connectivity index (χ0) is 17.8. The van der Waals surface area contributed by atoms with Crippen LogP contribution in [0.25, 0.3) is 11.3 Å². The van der Waals surface area contributed by atoms with Crippen LogP contribution in [0.4, 0.5) is 5.13 Å². The fourth-order valence-electron chi connectivity index (χ4n) is 3.24. The molecule has 152 valence electrons. The van der Waals surface area contributed by atoms with Crippen molar-refractivity contribution < 1.29 is 14.2 Å². The highest BCUT2D eigenvalue weighted by molar-refractivity contribution is 7.15. The summed E-state index contributed by atoms with van der Waals surface area (Å²) >= 11 is 1.54. The maximum atomic E-state index is 6.03. The molecular formula is C18H27Cl2N3O3S. The highest BCUT2D eigenvalue weighted by Crippen LogP contribution is 2.44. The van der Waals surface area contributed by atoms with Crippen molar-refractivity contribution in [1.82, 2.24) is 9.88 Å². The fourth-order valence-corrected chi connectivity index (χ4v) is 4.07. The molecule has 0 radical (unpaired) electrons. The van der Waals surface area contributed by atoms with Gasteiger partial charge in [0.2, 0.25) is 0 Å². The number of likely N-dealkylation sites (tertiary alicyclic amines) is 1. The van der Waals surface area contributed by atoms with Gasteiger partial charge in [-0.3, -0.25) is 0 Å². The highest BCUT2D eigenvalue weighted by Gasteiger charge is 2.22. The Kier molecular flexibility index (Phi) is 9.45. The molecule has 1 aliphatic rings. The summed E-state index contributed by atoms with van der Waals surface area (Å²) in [6, 6.07) is 3.69. The number of rotatable bonds is 7. The molecule has 1 aliphatic heterocycles. The summed E-state index contributed by atoms with van der Waals surface area (Å²) in [5.74, 6) is 2.02. The summed E-state index contributed by atoms with van der Waals surface area (Å²) < 4.78 is 16.5. The second-order valence-corrected chi connectivity index (χ2v) is 7.14. The topological polar surface area (TPSA) is 69.8 Å². The van der Waals surface area contributed by atoms with Gasteiger partial charge in [-0.25, -0.2) is 4.98 Å². The summed E-state index contributed by atoms with van der Waals surface area (Å²) in [5, 5.41) is 0.561. The van der Waals surface area contributed by atoms with E-state index in [-0.39, 0.29) is 24.8 Å². The Balaban J connectivity index is 0.00000182. The lowest BCUT2D eigenvalue weighted by molar-refractivity contribution is 0.344. The van der Waals surface area contributed by atoms with E-state index in [0.29, 0.717) is 22.4 Å². The summed E-state index contributed by atoms with van der Waals surface area (Å²) in [6.07, 6.45) is 3.50. The number of ether oxygens (including phenoxy) is 3. The van der Waals surface area contributed by atoms with Gasteiger partial charge >= 0.3 is 0 Å². The maximum Gasteiger partial charge on any atom is 0.180 e. The first-order chi connectivity index (χ1) is 12.2. The number of nitrogens with zero attached hydrogens (tertiary/aromatic N) is 2. The molecule has 0 amide bonds. The van der Waals surface area contributed by atoms with Gasteiger partial charge in [-0.05, 0) is 32.4 Å². The van der Waals surface area contributed by atoms with Gasteiger partial charge < -0.3 is 24.8 Å². The van der Waals surface area contributed by atoms with Crippen molar-refractivity contribution in [2.45, 2.75) is 19.3 Å². The molecule has 6 nitrogen and oxygen atoms in total. The predicted octanol–water partition coefficient (Wildman–Crippen LogP) is 3.90. The molecule has 0 saturated carbocycles. The Hall–Kier alpha value is -1.41. The largest absolute Gasteiger partial charge is 0.496 e. The number of anilines is 1. The molecule has 1 aromatic carbocycles. The molecule has 1 aromatic heterocycles. The van der Waals surface area contributed by atoms with E-state index in [1.54, 1.807) is 21.3 Å². The summed E-state index contributed by atoms with van der Waals surface area (Å²) in [4.78, 5) is 8.22. The van der Waals surface area contributed by atoms with Gasteiger partial charge in [-0.1, -0.05) is 0 Å². The lowest BCUT2D eigenvalue weighted by Crippen LogP contribution is -2.21. The van der Waals surface area contributed by atoms with Crippen LogP contribution >= 0.6 is 36.2 Å². The molecule has 9 heteroatoms. The molecule has 2 heterocycles. The summed E-state index contributed by atoms with van der Waals surface area (Å²) in [5.41, 5.74) is 7.70. The molecule has 0 spiro atoms. The number of hydrogen-bond acceptors (Lipinski definition) is 7. The third-order valence-electron chi connectivity index (χ3n) is 4.52. The van der Waals surface area contributed by atoms with Crippen molar-refractivity contribution in [2.24, 2.45) is 0 Å². The smallest absolute Gasteiger partial charge is 0.180 e. The van der Waals surface area contributed by atoms with Crippen LogP contribution < -0.4 is 19.9 Å². The molecular weight excluding hydrogens is 409 g/mol. The van der Waals surface area contributed by atoms with E-state index < -0.39 is 0 Å². The fraction of sp³-hybridized carbons (Fsp3) is 0.500. The van der Waals surface area contributed by atoms with E-state index in [2.05, 4.69) is 9.88 Å². The molecule has 0 unspecified atom stereocenters. The molecule has 2 aromatic rings. The first-order valence-corrected chi connectivity index (χ1v) is 9.25. The number of methoxy groups -OCH3 is 3. The van der Waals surface area contributed by atoms with Gasteiger partial charge in [0, 0.05) is 23.6 Å². The van der Waals surface area contributed by atoms with Crippen LogP contribution in [0.15, 0.2) is 12.1 Å². The van der Waals surface area contributed by atoms with Gasteiger partial charge in [-0.15, -0.1) is 36.2 Å². The number of thiazole rings is 1. The predicted molar refractivity (Wildman–Crippen MR) is 115 cm³/mol. The highest BCUT2D eigenvalue weighted by atomic mass is 35.5. The Morgan fingerprint density at radius 2 is 1.63 bits per heavy atom. The Morgan fingerprint density at radius 3 is 2.15 bits per heavy atom. The minimum absolute atomic E-state index is 0. The van der Waals surface area contributed by atoms with Gasteiger partial charge in [0.05, 0.1) is 32.6 Å². The molecule has 0 bridgehead atoms. The third-order valence-corrected chi connectivity index (χ3v) is 5.46. The van der Waals surface area contributed by atoms with Crippen LogP contribution in [-0.2, 0) is 6.42 Å². The van der Waals surface area contributed by atoms with Crippen molar-refractivity contribution in [2.75, 3.05) is 46.7 Å². The van der Waals surface area contributed by atoms with E-state index in [1.165, 1.54) is 37.3 Å². The second kappa shape index (κ2) is 10.8.